The average molecular weight is 361 g/mol. The van der Waals surface area contributed by atoms with Gasteiger partial charge in [-0.3, -0.25) is 4.79 Å². The molecule has 0 atom stereocenters. The van der Waals surface area contributed by atoms with Gasteiger partial charge in [0.15, 0.2) is 0 Å². The number of pyridine rings is 1. The van der Waals surface area contributed by atoms with Gasteiger partial charge in [0.05, 0.1) is 5.69 Å². The van der Waals surface area contributed by atoms with E-state index in [0.29, 0.717) is 17.0 Å². The van der Waals surface area contributed by atoms with E-state index in [2.05, 4.69) is 27.3 Å². The molecular weight excluding hydrogens is 338 g/mol. The van der Waals surface area contributed by atoms with Crippen molar-refractivity contribution in [2.75, 3.05) is 0 Å². The van der Waals surface area contributed by atoms with Crippen LogP contribution in [0.4, 0.5) is 0 Å². The molecule has 5 nitrogen and oxygen atoms in total. The smallest absolute Gasteiger partial charge is 0.291 e. The minimum Gasteiger partial charge on any atom is -0.349 e. The fourth-order valence-electron chi connectivity index (χ4n) is 5.80. The molecule has 5 heteroatoms. The maximum absolute atomic E-state index is 13.0. The lowest BCUT2D eigenvalue weighted by molar-refractivity contribution is -0.0172. The minimum atomic E-state index is -0.178. The zero-order valence-corrected chi connectivity index (χ0v) is 15.5. The molecule has 1 amide bonds. The first kappa shape index (κ1) is 16.6. The molecule has 2 heterocycles. The van der Waals surface area contributed by atoms with Crippen LogP contribution in [0.15, 0.2) is 28.9 Å². The highest BCUT2D eigenvalue weighted by Gasteiger charge is 2.51. The summed E-state index contributed by atoms with van der Waals surface area (Å²) in [5.41, 5.74) is 1.79. The van der Waals surface area contributed by atoms with Crippen molar-refractivity contribution in [1.29, 1.82) is 0 Å². The van der Waals surface area contributed by atoms with E-state index in [0.717, 1.165) is 37.0 Å². The fraction of sp³-hybridized carbons (Fsp3) is 0.500. The summed E-state index contributed by atoms with van der Waals surface area (Å²) < 4.78 is 5.37. The normalized spacial score (nSPS) is 30.6. The van der Waals surface area contributed by atoms with Crippen LogP contribution in [0, 0.1) is 36.5 Å². The lowest BCUT2D eigenvalue weighted by Gasteiger charge is -2.56. The van der Waals surface area contributed by atoms with Crippen LogP contribution in [0.3, 0.4) is 0 Å². The minimum absolute atomic E-state index is 0.0573. The molecule has 4 aliphatic rings. The van der Waals surface area contributed by atoms with Gasteiger partial charge >= 0.3 is 0 Å². The molecule has 2 aromatic rings. The number of hydrogen-bond acceptors (Lipinski definition) is 4. The SMILES string of the molecule is Cc1noc(C(=O)NC23CC4CC(CC(C4)C2)C3)c1C#Cc1ccccn1. The second-order valence-electron chi connectivity index (χ2n) is 8.59. The summed E-state index contributed by atoms with van der Waals surface area (Å²) in [5.74, 6) is 8.41. The third-order valence-electron chi connectivity index (χ3n) is 6.47. The van der Waals surface area contributed by atoms with Crippen LogP contribution in [0.2, 0.25) is 0 Å². The molecule has 0 aromatic carbocycles. The first-order valence-corrected chi connectivity index (χ1v) is 9.82. The number of rotatable bonds is 2. The molecule has 1 N–H and O–H groups in total. The number of hydrogen-bond donors (Lipinski definition) is 1. The molecule has 0 aliphatic heterocycles. The Morgan fingerprint density at radius 1 is 1.15 bits per heavy atom. The van der Waals surface area contributed by atoms with Crippen molar-refractivity contribution in [2.24, 2.45) is 17.8 Å². The van der Waals surface area contributed by atoms with Gasteiger partial charge in [-0.1, -0.05) is 17.1 Å². The topological polar surface area (TPSA) is 68.0 Å². The molecule has 0 radical (unpaired) electrons. The molecule has 27 heavy (non-hydrogen) atoms. The Bertz CT molecular complexity index is 900. The summed E-state index contributed by atoms with van der Waals surface area (Å²) in [6, 6.07) is 5.57. The maximum atomic E-state index is 13.0. The predicted octanol–water partition coefficient (Wildman–Crippen LogP) is 3.48. The van der Waals surface area contributed by atoms with Crippen LogP contribution < -0.4 is 5.32 Å². The Kier molecular flexibility index (Phi) is 3.82. The summed E-state index contributed by atoms with van der Waals surface area (Å²) in [6.45, 7) is 1.81. The number of nitrogens with zero attached hydrogens (tertiary/aromatic N) is 2. The van der Waals surface area contributed by atoms with Crippen molar-refractivity contribution in [1.82, 2.24) is 15.5 Å². The summed E-state index contributed by atoms with van der Waals surface area (Å²) in [4.78, 5) is 17.3. The molecule has 6 rings (SSSR count). The van der Waals surface area contributed by atoms with Crippen molar-refractivity contribution in [3.8, 4) is 11.8 Å². The van der Waals surface area contributed by atoms with E-state index < -0.39 is 0 Å². The molecular formula is C22H23N3O2. The van der Waals surface area contributed by atoms with E-state index in [1.807, 2.05) is 25.1 Å². The summed E-state index contributed by atoms with van der Waals surface area (Å²) in [6.07, 6.45) is 9.05. The van der Waals surface area contributed by atoms with E-state index in [1.165, 1.54) is 19.3 Å². The van der Waals surface area contributed by atoms with Gasteiger partial charge in [0.25, 0.3) is 5.91 Å². The van der Waals surface area contributed by atoms with Crippen molar-refractivity contribution in [3.05, 3.63) is 47.1 Å². The van der Waals surface area contributed by atoms with Crippen LogP contribution in [0.1, 0.15) is 66.0 Å². The molecule has 0 spiro atoms. The monoisotopic (exact) mass is 361 g/mol. The highest BCUT2D eigenvalue weighted by atomic mass is 16.5. The molecule has 0 saturated heterocycles. The Morgan fingerprint density at radius 2 is 1.85 bits per heavy atom. The van der Waals surface area contributed by atoms with Gasteiger partial charge in [-0.05, 0) is 81.3 Å². The molecule has 4 fully saturated rings. The predicted molar refractivity (Wildman–Crippen MR) is 99.8 cm³/mol. The van der Waals surface area contributed by atoms with Crippen molar-refractivity contribution < 1.29 is 9.32 Å². The molecule has 4 bridgehead atoms. The maximum Gasteiger partial charge on any atom is 0.291 e. The first-order valence-electron chi connectivity index (χ1n) is 9.82. The standard InChI is InChI=1S/C22H23N3O2/c1-14-19(6-5-18-4-2-3-7-23-18)20(27-25-14)21(26)24-22-11-15-8-16(12-22)10-17(9-15)13-22/h2-4,7,15-17H,8-13H2,1H3,(H,24,26). The second-order valence-corrected chi connectivity index (χ2v) is 8.59. The first-order chi connectivity index (χ1) is 13.1. The number of carbonyl (C=O) groups excluding carboxylic acids is 1. The van der Waals surface area contributed by atoms with E-state index in [9.17, 15) is 4.79 Å². The molecule has 0 unspecified atom stereocenters. The third-order valence-corrected chi connectivity index (χ3v) is 6.47. The van der Waals surface area contributed by atoms with E-state index in [1.54, 1.807) is 6.20 Å². The Labute approximate surface area is 158 Å². The number of aryl methyl sites for hydroxylation is 1. The fourth-order valence-corrected chi connectivity index (χ4v) is 5.80. The number of carbonyl (C=O) groups is 1. The van der Waals surface area contributed by atoms with Gasteiger partial charge in [0, 0.05) is 11.7 Å². The number of aromatic nitrogens is 2. The number of nitrogens with one attached hydrogen (secondary N) is 1. The van der Waals surface area contributed by atoms with Crippen LogP contribution in [-0.2, 0) is 0 Å². The van der Waals surface area contributed by atoms with Gasteiger partial charge in [0.2, 0.25) is 5.76 Å². The Hall–Kier alpha value is -2.61. The summed E-state index contributed by atoms with van der Waals surface area (Å²) in [7, 11) is 0. The van der Waals surface area contributed by atoms with Gasteiger partial charge in [-0.25, -0.2) is 4.98 Å². The zero-order chi connectivity index (χ0) is 18.4. The van der Waals surface area contributed by atoms with Gasteiger partial charge in [0.1, 0.15) is 11.3 Å². The van der Waals surface area contributed by atoms with Crippen LogP contribution >= 0.6 is 0 Å². The van der Waals surface area contributed by atoms with Crippen LogP contribution in [0.5, 0.6) is 0 Å². The van der Waals surface area contributed by atoms with E-state index >= 15 is 0 Å². The third kappa shape index (κ3) is 3.03. The highest BCUT2D eigenvalue weighted by Crippen LogP contribution is 2.55. The van der Waals surface area contributed by atoms with Crippen molar-refractivity contribution in [2.45, 2.75) is 51.0 Å². The van der Waals surface area contributed by atoms with Crippen molar-refractivity contribution >= 4 is 5.91 Å². The Balaban J connectivity index is 1.39. The molecule has 4 aliphatic carbocycles. The van der Waals surface area contributed by atoms with Gasteiger partial charge in [-0.15, -0.1) is 0 Å². The largest absolute Gasteiger partial charge is 0.349 e. The van der Waals surface area contributed by atoms with Crippen molar-refractivity contribution in [3.63, 3.8) is 0 Å². The molecule has 138 valence electrons. The zero-order valence-electron chi connectivity index (χ0n) is 15.5. The van der Waals surface area contributed by atoms with E-state index in [4.69, 9.17) is 4.52 Å². The molecule has 4 saturated carbocycles. The lowest BCUT2D eigenvalue weighted by atomic mass is 9.53. The van der Waals surface area contributed by atoms with E-state index in [-0.39, 0.29) is 17.2 Å². The quantitative estimate of drug-likeness (QED) is 0.832. The average Bonchev–Trinajstić information content (AvgIpc) is 3.00. The summed E-state index contributed by atoms with van der Waals surface area (Å²) in [5, 5.41) is 7.32. The molecule has 2 aromatic heterocycles. The van der Waals surface area contributed by atoms with Crippen LogP contribution in [0.25, 0.3) is 0 Å². The Morgan fingerprint density at radius 3 is 2.48 bits per heavy atom. The second kappa shape index (κ2) is 6.23. The highest BCUT2D eigenvalue weighted by molar-refractivity contribution is 5.94. The van der Waals surface area contributed by atoms with Gasteiger partial charge in [-0.2, -0.15) is 0 Å². The van der Waals surface area contributed by atoms with Crippen LogP contribution in [-0.4, -0.2) is 21.6 Å². The van der Waals surface area contributed by atoms with Gasteiger partial charge < -0.3 is 9.84 Å². The summed E-state index contributed by atoms with van der Waals surface area (Å²) >= 11 is 0. The lowest BCUT2D eigenvalue weighted by Crippen LogP contribution is -2.59. The number of amides is 1.